The number of anilines is 2. The Kier molecular flexibility index (Phi) is 5.84. The normalized spacial score (nSPS) is 14.5. The molecule has 1 aliphatic rings. The molecule has 0 saturated heterocycles. The Bertz CT molecular complexity index is 687. The first-order valence-electron chi connectivity index (χ1n) is 7.12. The van der Waals surface area contributed by atoms with Crippen LogP contribution in [0.5, 0.6) is 0 Å². The number of esters is 2. The highest BCUT2D eigenvalue weighted by Crippen LogP contribution is 2.36. The van der Waals surface area contributed by atoms with Crippen LogP contribution in [0.25, 0.3) is 0 Å². The van der Waals surface area contributed by atoms with Crippen molar-refractivity contribution in [1.82, 2.24) is 0 Å². The van der Waals surface area contributed by atoms with Gasteiger partial charge in [0.2, 0.25) is 0 Å². The van der Waals surface area contributed by atoms with E-state index in [4.69, 9.17) is 14.2 Å². The minimum Gasteiger partial charge on any atom is -0.466 e. The van der Waals surface area contributed by atoms with E-state index in [1.807, 2.05) is 37.2 Å². The van der Waals surface area contributed by atoms with Gasteiger partial charge in [-0.1, -0.05) is 15.9 Å². The molecular formula is C16H19BrN2O5. The number of carbonyl (C=O) groups is 2. The molecule has 1 aromatic rings. The van der Waals surface area contributed by atoms with Crippen LogP contribution < -0.4 is 9.80 Å². The maximum atomic E-state index is 12.3. The molecule has 0 amide bonds. The van der Waals surface area contributed by atoms with Gasteiger partial charge in [-0.2, -0.15) is 0 Å². The second-order valence-corrected chi connectivity index (χ2v) is 6.16. The number of methoxy groups -OCH3 is 2. The van der Waals surface area contributed by atoms with E-state index in [1.165, 1.54) is 14.2 Å². The molecule has 0 radical (unpaired) electrons. The van der Waals surface area contributed by atoms with Gasteiger partial charge >= 0.3 is 11.9 Å². The van der Waals surface area contributed by atoms with Gasteiger partial charge in [-0.05, 0) is 18.2 Å². The summed E-state index contributed by atoms with van der Waals surface area (Å²) in [6.07, 6.45) is 0. The van der Waals surface area contributed by atoms with Gasteiger partial charge in [-0.3, -0.25) is 0 Å². The Morgan fingerprint density at radius 3 is 2.46 bits per heavy atom. The minimum absolute atomic E-state index is 0.0150. The van der Waals surface area contributed by atoms with Crippen LogP contribution in [0.4, 0.5) is 11.4 Å². The number of carbonyl (C=O) groups excluding carboxylic acids is 2. The van der Waals surface area contributed by atoms with Crippen molar-refractivity contribution in [2.24, 2.45) is 0 Å². The van der Waals surface area contributed by atoms with Crippen molar-refractivity contribution in [2.75, 3.05) is 51.5 Å². The molecule has 1 heterocycles. The maximum Gasteiger partial charge on any atom is 0.355 e. The first-order chi connectivity index (χ1) is 11.4. The largest absolute Gasteiger partial charge is 0.466 e. The molecular weight excluding hydrogens is 380 g/mol. The fraction of sp³-hybridized carbons (Fsp3) is 0.375. The number of ether oxygens (including phenoxy) is 3. The monoisotopic (exact) mass is 398 g/mol. The predicted molar refractivity (Wildman–Crippen MR) is 92.8 cm³/mol. The van der Waals surface area contributed by atoms with E-state index in [0.29, 0.717) is 5.69 Å². The summed E-state index contributed by atoms with van der Waals surface area (Å²) in [6.45, 7) is 0.0983. The summed E-state index contributed by atoms with van der Waals surface area (Å²) in [5, 5.41) is 0. The number of rotatable bonds is 4. The van der Waals surface area contributed by atoms with Crippen LogP contribution in [0, 0.1) is 0 Å². The zero-order valence-corrected chi connectivity index (χ0v) is 15.5. The molecule has 0 atom stereocenters. The molecule has 1 aromatic carbocycles. The van der Waals surface area contributed by atoms with E-state index in [-0.39, 0.29) is 24.6 Å². The smallest absolute Gasteiger partial charge is 0.355 e. The lowest BCUT2D eigenvalue weighted by Gasteiger charge is -2.33. The van der Waals surface area contributed by atoms with Crippen LogP contribution in [0.2, 0.25) is 0 Å². The van der Waals surface area contributed by atoms with Gasteiger partial charge < -0.3 is 24.0 Å². The summed E-state index contributed by atoms with van der Waals surface area (Å²) in [6, 6.07) is 5.65. The molecule has 1 aliphatic heterocycles. The summed E-state index contributed by atoms with van der Waals surface area (Å²) < 4.78 is 16.0. The van der Waals surface area contributed by atoms with Gasteiger partial charge in [0.15, 0.2) is 0 Å². The third-order valence-corrected chi connectivity index (χ3v) is 4.04. The van der Waals surface area contributed by atoms with Crippen LogP contribution in [-0.4, -0.2) is 53.6 Å². The Morgan fingerprint density at radius 1 is 1.21 bits per heavy atom. The second kappa shape index (κ2) is 7.67. The number of halogens is 1. The topological polar surface area (TPSA) is 68.3 Å². The summed E-state index contributed by atoms with van der Waals surface area (Å²) in [5.74, 6) is -1.25. The lowest BCUT2D eigenvalue weighted by atomic mass is 10.1. The Morgan fingerprint density at radius 2 is 1.88 bits per heavy atom. The van der Waals surface area contributed by atoms with Crippen LogP contribution in [0.1, 0.15) is 0 Å². The summed E-state index contributed by atoms with van der Waals surface area (Å²) in [7, 11) is 6.31. The van der Waals surface area contributed by atoms with Gasteiger partial charge in [0.25, 0.3) is 0 Å². The standard InChI is InChI=1S/C16H19BrN2O5/c1-18(2)12-6-5-10(17)7-13(12)19-9-24-8-11(15(20)22-3)14(19)16(21)23-4/h5-7H,8-9H2,1-4H3. The quantitative estimate of drug-likeness (QED) is 0.717. The van der Waals surface area contributed by atoms with E-state index in [9.17, 15) is 9.59 Å². The van der Waals surface area contributed by atoms with Gasteiger partial charge in [-0.15, -0.1) is 0 Å². The average Bonchev–Trinajstić information content (AvgIpc) is 2.59. The Hall–Kier alpha value is -2.06. The molecule has 0 fully saturated rings. The molecule has 0 bridgehead atoms. The van der Waals surface area contributed by atoms with Gasteiger partial charge in [-0.25, -0.2) is 9.59 Å². The highest BCUT2D eigenvalue weighted by Gasteiger charge is 2.33. The van der Waals surface area contributed by atoms with Crippen LogP contribution in [0.3, 0.4) is 0 Å². The number of benzene rings is 1. The molecule has 0 unspecified atom stereocenters. The number of hydrogen-bond donors (Lipinski definition) is 0. The third kappa shape index (κ3) is 3.54. The predicted octanol–water partition coefficient (Wildman–Crippen LogP) is 1.91. The zero-order chi connectivity index (χ0) is 17.9. The van der Waals surface area contributed by atoms with Crippen molar-refractivity contribution < 1.29 is 23.8 Å². The zero-order valence-electron chi connectivity index (χ0n) is 14.0. The molecule has 7 nitrogen and oxygen atoms in total. The van der Waals surface area contributed by atoms with Crippen molar-refractivity contribution in [3.63, 3.8) is 0 Å². The molecule has 24 heavy (non-hydrogen) atoms. The highest BCUT2D eigenvalue weighted by atomic mass is 79.9. The second-order valence-electron chi connectivity index (χ2n) is 5.24. The fourth-order valence-electron chi connectivity index (χ4n) is 2.42. The first-order valence-corrected chi connectivity index (χ1v) is 7.92. The summed E-state index contributed by atoms with van der Waals surface area (Å²) in [4.78, 5) is 27.9. The van der Waals surface area contributed by atoms with Gasteiger partial charge in [0.1, 0.15) is 12.4 Å². The fourth-order valence-corrected chi connectivity index (χ4v) is 2.77. The molecule has 0 aliphatic carbocycles. The van der Waals surface area contributed by atoms with Crippen molar-refractivity contribution in [3.8, 4) is 0 Å². The highest BCUT2D eigenvalue weighted by molar-refractivity contribution is 9.10. The van der Waals surface area contributed by atoms with Crippen LogP contribution in [0.15, 0.2) is 33.9 Å². The van der Waals surface area contributed by atoms with Crippen molar-refractivity contribution >= 4 is 39.2 Å². The van der Waals surface area contributed by atoms with Crippen LogP contribution in [-0.2, 0) is 23.8 Å². The molecule has 0 saturated carbocycles. The van der Waals surface area contributed by atoms with Gasteiger partial charge in [0.05, 0.1) is 37.8 Å². The molecule has 0 aromatic heterocycles. The third-order valence-electron chi connectivity index (χ3n) is 3.54. The molecule has 130 valence electrons. The van der Waals surface area contributed by atoms with Crippen molar-refractivity contribution in [1.29, 1.82) is 0 Å². The Balaban J connectivity index is 2.65. The lowest BCUT2D eigenvalue weighted by Crippen LogP contribution is -2.39. The van der Waals surface area contributed by atoms with E-state index in [0.717, 1.165) is 10.2 Å². The van der Waals surface area contributed by atoms with E-state index in [2.05, 4.69) is 15.9 Å². The SMILES string of the molecule is COC(=O)C1=C(C(=O)OC)N(c2cc(Br)ccc2N(C)C)COC1. The van der Waals surface area contributed by atoms with Crippen molar-refractivity contribution in [2.45, 2.75) is 0 Å². The van der Waals surface area contributed by atoms with E-state index in [1.54, 1.807) is 4.90 Å². The minimum atomic E-state index is -0.624. The van der Waals surface area contributed by atoms with E-state index < -0.39 is 11.9 Å². The molecule has 8 heteroatoms. The van der Waals surface area contributed by atoms with Gasteiger partial charge in [0, 0.05) is 18.6 Å². The molecule has 0 spiro atoms. The van der Waals surface area contributed by atoms with E-state index >= 15 is 0 Å². The number of nitrogens with zero attached hydrogens (tertiary/aromatic N) is 2. The summed E-state index contributed by atoms with van der Waals surface area (Å²) in [5.41, 5.74) is 1.81. The first kappa shape index (κ1) is 18.3. The molecule has 0 N–H and O–H groups in total. The number of hydrogen-bond acceptors (Lipinski definition) is 7. The van der Waals surface area contributed by atoms with Crippen molar-refractivity contribution in [3.05, 3.63) is 33.9 Å². The maximum absolute atomic E-state index is 12.3. The Labute approximate surface area is 148 Å². The average molecular weight is 399 g/mol. The lowest BCUT2D eigenvalue weighted by molar-refractivity contribution is -0.140. The van der Waals surface area contributed by atoms with Crippen LogP contribution >= 0.6 is 15.9 Å². The summed E-state index contributed by atoms with van der Waals surface area (Å²) >= 11 is 3.43. The molecule has 2 rings (SSSR count).